The molecule has 1 atom stereocenters. The molecule has 1 aromatic carbocycles. The summed E-state index contributed by atoms with van der Waals surface area (Å²) in [5, 5.41) is 13.7. The molecule has 1 aliphatic rings. The fourth-order valence-corrected chi connectivity index (χ4v) is 1.70. The molecule has 5 heteroatoms. The van der Waals surface area contributed by atoms with Crippen molar-refractivity contribution in [2.75, 3.05) is 13.1 Å². The van der Waals surface area contributed by atoms with E-state index in [1.165, 1.54) is 5.56 Å². The van der Waals surface area contributed by atoms with Crippen LogP contribution in [-0.2, 0) is 5.88 Å². The van der Waals surface area contributed by atoms with Crippen LogP contribution in [-0.4, -0.2) is 30.3 Å². The van der Waals surface area contributed by atoms with Crippen LogP contribution < -0.4 is 10.6 Å². The van der Waals surface area contributed by atoms with Crippen LogP contribution in [0.1, 0.15) is 12.0 Å². The van der Waals surface area contributed by atoms with Crippen molar-refractivity contribution in [2.45, 2.75) is 18.3 Å². The van der Waals surface area contributed by atoms with Gasteiger partial charge in [-0.25, -0.2) is 4.79 Å². The summed E-state index contributed by atoms with van der Waals surface area (Å²) in [4.78, 5) is 10.0. The van der Waals surface area contributed by atoms with Gasteiger partial charge >= 0.3 is 6.09 Å². The maximum absolute atomic E-state index is 10.0. The van der Waals surface area contributed by atoms with E-state index in [-0.39, 0.29) is 6.04 Å². The first kappa shape index (κ1) is 13.8. The number of carbonyl (C=O) groups is 1. The molecule has 1 fully saturated rings. The Morgan fingerprint density at radius 3 is 2.59 bits per heavy atom. The molecule has 0 spiro atoms. The van der Waals surface area contributed by atoms with Crippen LogP contribution in [0.25, 0.3) is 0 Å². The van der Waals surface area contributed by atoms with E-state index in [9.17, 15) is 4.79 Å². The van der Waals surface area contributed by atoms with Crippen LogP contribution in [0.2, 0.25) is 0 Å². The van der Waals surface area contributed by atoms with Crippen molar-refractivity contribution in [2.24, 2.45) is 0 Å². The number of alkyl halides is 1. The maximum Gasteiger partial charge on any atom is 0.404 e. The highest BCUT2D eigenvalue weighted by Gasteiger charge is 2.15. The van der Waals surface area contributed by atoms with Gasteiger partial charge in [0.15, 0.2) is 0 Å². The Kier molecular flexibility index (Phi) is 6.43. The quantitative estimate of drug-likeness (QED) is 0.710. The minimum Gasteiger partial charge on any atom is -0.465 e. The van der Waals surface area contributed by atoms with E-state index in [1.807, 2.05) is 30.3 Å². The Bertz CT molecular complexity index is 327. The second kappa shape index (κ2) is 7.92. The Morgan fingerprint density at radius 1 is 1.47 bits per heavy atom. The monoisotopic (exact) mass is 256 g/mol. The highest BCUT2D eigenvalue weighted by molar-refractivity contribution is 6.17. The molecule has 17 heavy (non-hydrogen) atoms. The van der Waals surface area contributed by atoms with Gasteiger partial charge in [0.1, 0.15) is 0 Å². The number of carboxylic acid groups (broad SMARTS) is 1. The zero-order valence-corrected chi connectivity index (χ0v) is 10.3. The third-order valence-corrected chi connectivity index (χ3v) is 2.69. The van der Waals surface area contributed by atoms with Crippen LogP contribution in [0, 0.1) is 0 Å². The van der Waals surface area contributed by atoms with Gasteiger partial charge in [-0.2, -0.15) is 0 Å². The zero-order chi connectivity index (χ0) is 12.5. The summed E-state index contributed by atoms with van der Waals surface area (Å²) in [5.41, 5.74) is 1.18. The van der Waals surface area contributed by atoms with Gasteiger partial charge in [-0.15, -0.1) is 11.6 Å². The highest BCUT2D eigenvalue weighted by Crippen LogP contribution is 2.00. The van der Waals surface area contributed by atoms with Crippen LogP contribution in [0.5, 0.6) is 0 Å². The number of hydrogen-bond donors (Lipinski definition) is 3. The molecular weight excluding hydrogens is 240 g/mol. The van der Waals surface area contributed by atoms with Gasteiger partial charge in [0.2, 0.25) is 0 Å². The van der Waals surface area contributed by atoms with E-state index in [1.54, 1.807) is 0 Å². The Labute approximate surface area is 106 Å². The lowest BCUT2D eigenvalue weighted by Crippen LogP contribution is -2.34. The fourth-order valence-electron chi connectivity index (χ4n) is 1.52. The molecule has 1 saturated heterocycles. The SMILES string of the molecule is ClCc1ccccc1.O=C(O)N[C@@H]1CCNC1. The van der Waals surface area contributed by atoms with Gasteiger partial charge in [-0.1, -0.05) is 30.3 Å². The van der Waals surface area contributed by atoms with Gasteiger partial charge in [0.25, 0.3) is 0 Å². The Balaban J connectivity index is 0.000000171. The molecule has 0 aromatic heterocycles. The van der Waals surface area contributed by atoms with E-state index in [2.05, 4.69) is 10.6 Å². The minimum atomic E-state index is -0.927. The number of halogens is 1. The molecule has 1 amide bonds. The first-order valence-electron chi connectivity index (χ1n) is 5.52. The molecule has 3 N–H and O–H groups in total. The van der Waals surface area contributed by atoms with Gasteiger partial charge in [-0.05, 0) is 18.5 Å². The minimum absolute atomic E-state index is 0.127. The van der Waals surface area contributed by atoms with Gasteiger partial charge in [0.05, 0.1) is 0 Å². The predicted molar refractivity (Wildman–Crippen MR) is 68.4 cm³/mol. The van der Waals surface area contributed by atoms with Crippen molar-refractivity contribution < 1.29 is 9.90 Å². The predicted octanol–water partition coefficient (Wildman–Crippen LogP) is 2.04. The van der Waals surface area contributed by atoms with E-state index in [0.717, 1.165) is 19.5 Å². The number of hydrogen-bond acceptors (Lipinski definition) is 2. The molecule has 1 heterocycles. The molecule has 0 unspecified atom stereocenters. The van der Waals surface area contributed by atoms with Crippen LogP contribution in [0.3, 0.4) is 0 Å². The lowest BCUT2D eigenvalue weighted by molar-refractivity contribution is 0.190. The molecule has 1 aliphatic heterocycles. The average Bonchev–Trinajstić information content (AvgIpc) is 2.83. The Morgan fingerprint density at radius 2 is 2.18 bits per heavy atom. The smallest absolute Gasteiger partial charge is 0.404 e. The van der Waals surface area contributed by atoms with Crippen LogP contribution in [0.4, 0.5) is 4.79 Å². The summed E-state index contributed by atoms with van der Waals surface area (Å²) in [7, 11) is 0. The van der Waals surface area contributed by atoms with E-state index in [0.29, 0.717) is 5.88 Å². The van der Waals surface area contributed by atoms with Gasteiger partial charge in [0, 0.05) is 18.5 Å². The summed E-state index contributed by atoms with van der Waals surface area (Å²) < 4.78 is 0. The summed E-state index contributed by atoms with van der Waals surface area (Å²) in [6, 6.07) is 10.1. The lowest BCUT2D eigenvalue weighted by atomic mass is 10.2. The number of amides is 1. The van der Waals surface area contributed by atoms with Gasteiger partial charge in [-0.3, -0.25) is 0 Å². The molecule has 0 bridgehead atoms. The summed E-state index contributed by atoms with van der Waals surface area (Å²) in [5.74, 6) is 0.612. The fraction of sp³-hybridized carbons (Fsp3) is 0.417. The number of benzene rings is 1. The molecule has 0 saturated carbocycles. The number of rotatable bonds is 2. The van der Waals surface area contributed by atoms with Crippen molar-refractivity contribution in [1.29, 1.82) is 0 Å². The summed E-state index contributed by atoms with van der Waals surface area (Å²) in [6.07, 6.45) is -0.0181. The Hall–Kier alpha value is -1.26. The summed E-state index contributed by atoms with van der Waals surface area (Å²) in [6.45, 7) is 1.69. The van der Waals surface area contributed by atoms with Crippen molar-refractivity contribution in [3.05, 3.63) is 35.9 Å². The normalized spacial score (nSPS) is 18.1. The average molecular weight is 257 g/mol. The molecule has 0 radical (unpaired) electrons. The van der Waals surface area contributed by atoms with E-state index in [4.69, 9.17) is 16.7 Å². The third-order valence-electron chi connectivity index (χ3n) is 2.39. The third kappa shape index (κ3) is 6.14. The topological polar surface area (TPSA) is 61.4 Å². The first-order chi connectivity index (χ1) is 8.22. The first-order valence-corrected chi connectivity index (χ1v) is 6.06. The lowest BCUT2D eigenvalue weighted by Gasteiger charge is -2.05. The maximum atomic E-state index is 10.0. The molecule has 2 rings (SSSR count). The second-order valence-electron chi connectivity index (χ2n) is 3.76. The van der Waals surface area contributed by atoms with Crippen molar-refractivity contribution in [3.63, 3.8) is 0 Å². The summed E-state index contributed by atoms with van der Waals surface area (Å²) >= 11 is 5.53. The number of nitrogens with one attached hydrogen (secondary N) is 2. The zero-order valence-electron chi connectivity index (χ0n) is 9.53. The molecule has 4 nitrogen and oxygen atoms in total. The highest BCUT2D eigenvalue weighted by atomic mass is 35.5. The molecule has 0 aliphatic carbocycles. The van der Waals surface area contributed by atoms with Crippen LogP contribution in [0.15, 0.2) is 30.3 Å². The van der Waals surface area contributed by atoms with Crippen molar-refractivity contribution in [3.8, 4) is 0 Å². The van der Waals surface area contributed by atoms with Crippen molar-refractivity contribution in [1.82, 2.24) is 10.6 Å². The molecule has 1 aromatic rings. The largest absolute Gasteiger partial charge is 0.465 e. The molecular formula is C12H17ClN2O2. The molecule has 94 valence electrons. The van der Waals surface area contributed by atoms with E-state index < -0.39 is 6.09 Å². The van der Waals surface area contributed by atoms with Gasteiger partial charge < -0.3 is 15.7 Å². The second-order valence-corrected chi connectivity index (χ2v) is 4.03. The van der Waals surface area contributed by atoms with E-state index >= 15 is 0 Å². The van der Waals surface area contributed by atoms with Crippen LogP contribution >= 0.6 is 11.6 Å². The van der Waals surface area contributed by atoms with Crippen molar-refractivity contribution >= 4 is 17.7 Å². The standard InChI is InChI=1S/C7H7Cl.C5H10N2O2/c8-6-7-4-2-1-3-5-7;8-5(9)7-4-1-2-6-3-4/h1-5H,6H2;4,6-7H,1-3H2,(H,8,9)/t;4-/m.1/s1.